The van der Waals surface area contributed by atoms with Crippen molar-refractivity contribution in [3.63, 3.8) is 0 Å². The lowest BCUT2D eigenvalue weighted by molar-refractivity contribution is -0.119. The monoisotopic (exact) mass is 263 g/mol. The number of aryl methyl sites for hydroxylation is 1. The quantitative estimate of drug-likeness (QED) is 0.844. The van der Waals surface area contributed by atoms with Crippen molar-refractivity contribution in [2.75, 3.05) is 6.54 Å². The highest BCUT2D eigenvalue weighted by Crippen LogP contribution is 2.26. The van der Waals surface area contributed by atoms with Gasteiger partial charge in [-0.25, -0.2) is 4.98 Å². The van der Waals surface area contributed by atoms with Crippen LogP contribution in [0.4, 0.5) is 0 Å². The van der Waals surface area contributed by atoms with Crippen LogP contribution in [0, 0.1) is 6.92 Å². The first kappa shape index (κ1) is 11.5. The summed E-state index contributed by atoms with van der Waals surface area (Å²) in [5, 5.41) is 2.86. The zero-order chi connectivity index (χ0) is 12.7. The van der Waals surface area contributed by atoms with Gasteiger partial charge >= 0.3 is 0 Å². The van der Waals surface area contributed by atoms with Gasteiger partial charge in [0.2, 0.25) is 5.91 Å². The topological polar surface area (TPSA) is 46.9 Å². The summed E-state index contributed by atoms with van der Waals surface area (Å²) in [6.07, 6.45) is 0.503. The van der Waals surface area contributed by atoms with Crippen LogP contribution in [-0.2, 0) is 10.7 Å². The van der Waals surface area contributed by atoms with E-state index in [1.54, 1.807) is 0 Å². The Labute approximate surface area is 110 Å². The summed E-state index contributed by atoms with van der Waals surface area (Å²) in [7, 11) is 0. The Morgan fingerprint density at radius 2 is 2.39 bits per heavy atom. The highest BCUT2D eigenvalue weighted by atomic mass is 35.5. The lowest BCUT2D eigenvalue weighted by Crippen LogP contribution is -2.16. The molecule has 1 aromatic carbocycles. The van der Waals surface area contributed by atoms with Crippen LogP contribution >= 0.6 is 11.6 Å². The number of rotatable bonds is 2. The first-order chi connectivity index (χ1) is 8.69. The van der Waals surface area contributed by atoms with E-state index < -0.39 is 0 Å². The van der Waals surface area contributed by atoms with Crippen molar-refractivity contribution < 1.29 is 4.79 Å². The predicted octanol–water partition coefficient (Wildman–Crippen LogP) is 2.14. The van der Waals surface area contributed by atoms with Crippen LogP contribution in [0.5, 0.6) is 0 Å². The lowest BCUT2D eigenvalue weighted by atomic mass is 10.2. The third-order valence-corrected chi connectivity index (χ3v) is 3.60. The summed E-state index contributed by atoms with van der Waals surface area (Å²) in [5.41, 5.74) is 3.19. The molecule has 0 saturated carbocycles. The van der Waals surface area contributed by atoms with Crippen molar-refractivity contribution in [3.05, 3.63) is 29.6 Å². The van der Waals surface area contributed by atoms with Gasteiger partial charge in [-0.3, -0.25) is 4.79 Å². The maximum atomic E-state index is 11.4. The van der Waals surface area contributed by atoms with E-state index in [9.17, 15) is 4.79 Å². The Balaban J connectivity index is 2.18. The van der Waals surface area contributed by atoms with Crippen molar-refractivity contribution in [1.29, 1.82) is 0 Å². The molecule has 3 rings (SSSR count). The number of carbonyl (C=O) groups excluding carboxylic acids is 1. The van der Waals surface area contributed by atoms with Crippen molar-refractivity contribution >= 4 is 28.5 Å². The van der Waals surface area contributed by atoms with Crippen LogP contribution in [0.1, 0.15) is 23.9 Å². The molecule has 2 heterocycles. The number of hydrogen-bond acceptors (Lipinski definition) is 2. The number of aromatic nitrogens is 2. The molecule has 1 aromatic heterocycles. The second-order valence-electron chi connectivity index (χ2n) is 4.69. The largest absolute Gasteiger partial charge is 0.354 e. The highest BCUT2D eigenvalue weighted by molar-refractivity contribution is 6.16. The Morgan fingerprint density at radius 3 is 3.06 bits per heavy atom. The van der Waals surface area contributed by atoms with Crippen LogP contribution in [-0.4, -0.2) is 22.0 Å². The van der Waals surface area contributed by atoms with E-state index in [1.807, 2.05) is 12.1 Å². The third kappa shape index (κ3) is 1.77. The van der Waals surface area contributed by atoms with Crippen molar-refractivity contribution in [3.8, 4) is 0 Å². The maximum Gasteiger partial charge on any atom is 0.222 e. The molecule has 1 fully saturated rings. The normalized spacial score (nSPS) is 19.4. The zero-order valence-electron chi connectivity index (χ0n) is 10.1. The molecule has 0 aliphatic carbocycles. The number of nitrogens with zero attached hydrogens (tertiary/aromatic N) is 2. The number of alkyl halides is 1. The number of imidazole rings is 1. The molecule has 94 valence electrons. The van der Waals surface area contributed by atoms with Gasteiger partial charge in [0.15, 0.2) is 0 Å². The average Bonchev–Trinajstić information content (AvgIpc) is 2.91. The Bertz CT molecular complexity index is 620. The molecule has 1 amide bonds. The van der Waals surface area contributed by atoms with Gasteiger partial charge in [-0.05, 0) is 24.6 Å². The predicted molar refractivity (Wildman–Crippen MR) is 70.7 cm³/mol. The molecule has 4 nitrogen and oxygen atoms in total. The van der Waals surface area contributed by atoms with Crippen molar-refractivity contribution in [2.24, 2.45) is 0 Å². The summed E-state index contributed by atoms with van der Waals surface area (Å²) in [4.78, 5) is 15.9. The molecule has 0 radical (unpaired) electrons. The molecule has 1 saturated heterocycles. The maximum absolute atomic E-state index is 11.4. The molecule has 0 bridgehead atoms. The van der Waals surface area contributed by atoms with Crippen molar-refractivity contribution in [2.45, 2.75) is 25.3 Å². The van der Waals surface area contributed by atoms with E-state index in [-0.39, 0.29) is 11.9 Å². The second kappa shape index (κ2) is 4.28. The summed E-state index contributed by atoms with van der Waals surface area (Å²) in [6.45, 7) is 2.71. The van der Waals surface area contributed by atoms with Crippen LogP contribution in [0.3, 0.4) is 0 Å². The third-order valence-electron chi connectivity index (χ3n) is 3.36. The average molecular weight is 264 g/mol. The molecular formula is C13H14ClN3O. The van der Waals surface area contributed by atoms with Crippen LogP contribution in [0.2, 0.25) is 0 Å². The summed E-state index contributed by atoms with van der Waals surface area (Å²) >= 11 is 5.97. The van der Waals surface area contributed by atoms with Gasteiger partial charge in [0.25, 0.3) is 0 Å². The SMILES string of the molecule is Cc1ccc2nc(CCl)n(C3CNC(=O)C3)c2c1. The lowest BCUT2D eigenvalue weighted by Gasteiger charge is -2.13. The number of fused-ring (bicyclic) bond motifs is 1. The molecule has 1 unspecified atom stereocenters. The van der Waals surface area contributed by atoms with E-state index in [4.69, 9.17) is 11.6 Å². The number of hydrogen-bond donors (Lipinski definition) is 1. The van der Waals surface area contributed by atoms with Gasteiger partial charge in [-0.2, -0.15) is 0 Å². The molecule has 0 spiro atoms. The van der Waals surface area contributed by atoms with Gasteiger partial charge in [0.05, 0.1) is 23.0 Å². The molecule has 1 atom stereocenters. The molecule has 1 N–H and O–H groups in total. The Kier molecular flexibility index (Phi) is 2.74. The second-order valence-corrected chi connectivity index (χ2v) is 4.95. The zero-order valence-corrected chi connectivity index (χ0v) is 10.9. The number of nitrogens with one attached hydrogen (secondary N) is 1. The van der Waals surface area contributed by atoms with E-state index >= 15 is 0 Å². The van der Waals surface area contributed by atoms with Gasteiger partial charge < -0.3 is 9.88 Å². The fourth-order valence-electron chi connectivity index (χ4n) is 2.53. The number of amides is 1. The highest BCUT2D eigenvalue weighted by Gasteiger charge is 2.26. The number of carbonyl (C=O) groups is 1. The molecule has 18 heavy (non-hydrogen) atoms. The fraction of sp³-hybridized carbons (Fsp3) is 0.385. The van der Waals surface area contributed by atoms with Gasteiger partial charge in [-0.1, -0.05) is 6.07 Å². The summed E-state index contributed by atoms with van der Waals surface area (Å²) in [6, 6.07) is 6.26. The van der Waals surface area contributed by atoms with E-state index in [2.05, 4.69) is 27.9 Å². The van der Waals surface area contributed by atoms with E-state index in [0.717, 1.165) is 16.9 Å². The minimum absolute atomic E-state index is 0.0926. The summed E-state index contributed by atoms with van der Waals surface area (Å²) in [5.74, 6) is 1.28. The Morgan fingerprint density at radius 1 is 1.56 bits per heavy atom. The first-order valence-corrected chi connectivity index (χ1v) is 6.52. The fourth-order valence-corrected chi connectivity index (χ4v) is 2.72. The summed E-state index contributed by atoms with van der Waals surface area (Å²) < 4.78 is 2.10. The standard InChI is InChI=1S/C13H14ClN3O/c1-8-2-3-10-11(4-8)17(12(6-14)16-10)9-5-13(18)15-7-9/h2-4,9H,5-7H2,1H3,(H,15,18). The van der Waals surface area contributed by atoms with Crippen LogP contribution in [0.15, 0.2) is 18.2 Å². The minimum atomic E-state index is 0.0926. The van der Waals surface area contributed by atoms with Gasteiger partial charge in [0, 0.05) is 13.0 Å². The van der Waals surface area contributed by atoms with Crippen LogP contribution in [0.25, 0.3) is 11.0 Å². The number of benzene rings is 1. The smallest absolute Gasteiger partial charge is 0.222 e. The van der Waals surface area contributed by atoms with E-state index in [0.29, 0.717) is 18.8 Å². The van der Waals surface area contributed by atoms with Gasteiger partial charge in [-0.15, -0.1) is 11.6 Å². The Hall–Kier alpha value is -1.55. The van der Waals surface area contributed by atoms with Gasteiger partial charge in [0.1, 0.15) is 5.82 Å². The first-order valence-electron chi connectivity index (χ1n) is 5.99. The number of halogens is 1. The van der Waals surface area contributed by atoms with Crippen molar-refractivity contribution in [1.82, 2.24) is 14.9 Å². The molecule has 1 aliphatic heterocycles. The molecule has 2 aromatic rings. The molecule has 5 heteroatoms. The van der Waals surface area contributed by atoms with Crippen LogP contribution < -0.4 is 5.32 Å². The van der Waals surface area contributed by atoms with E-state index in [1.165, 1.54) is 5.56 Å². The molecular weight excluding hydrogens is 250 g/mol. The molecule has 1 aliphatic rings. The minimum Gasteiger partial charge on any atom is -0.354 e.